The van der Waals surface area contributed by atoms with Crippen molar-refractivity contribution in [2.24, 2.45) is 0 Å². The Morgan fingerprint density at radius 2 is 2.00 bits per heavy atom. The molecule has 0 saturated carbocycles. The normalized spacial score (nSPS) is 12.7. The molecule has 0 unspecified atom stereocenters. The highest BCUT2D eigenvalue weighted by atomic mass is 16.7. The average Bonchev–Trinajstić information content (AvgIpc) is 2.61. The monoisotopic (exact) mass is 207 g/mol. The Labute approximate surface area is 88.2 Å². The predicted molar refractivity (Wildman–Crippen MR) is 56.3 cm³/mol. The zero-order valence-electron chi connectivity index (χ0n) is 9.01. The van der Waals surface area contributed by atoms with Crippen molar-refractivity contribution in [3.63, 3.8) is 0 Å². The molecule has 2 rings (SSSR count). The summed E-state index contributed by atoms with van der Waals surface area (Å²) in [5, 5.41) is 2.77. The predicted octanol–water partition coefficient (Wildman–Crippen LogP) is 1.99. The van der Waals surface area contributed by atoms with Gasteiger partial charge >= 0.3 is 0 Å². The van der Waals surface area contributed by atoms with Gasteiger partial charge in [-0.3, -0.25) is 4.79 Å². The third-order valence-corrected chi connectivity index (χ3v) is 2.39. The summed E-state index contributed by atoms with van der Waals surface area (Å²) in [6, 6.07) is 1.89. The van der Waals surface area contributed by atoms with E-state index in [1.807, 2.05) is 19.9 Å². The van der Waals surface area contributed by atoms with E-state index in [1.165, 1.54) is 6.92 Å². The van der Waals surface area contributed by atoms with Crippen molar-refractivity contribution >= 4 is 11.6 Å². The second kappa shape index (κ2) is 3.46. The molecule has 0 aromatic heterocycles. The summed E-state index contributed by atoms with van der Waals surface area (Å²) in [4.78, 5) is 11.0. The van der Waals surface area contributed by atoms with E-state index in [4.69, 9.17) is 9.47 Å². The molecular formula is C11H13NO3. The zero-order valence-corrected chi connectivity index (χ0v) is 9.01. The largest absolute Gasteiger partial charge is 0.453 e. The van der Waals surface area contributed by atoms with Crippen LogP contribution in [0.25, 0.3) is 0 Å². The number of aryl methyl sites for hydroxylation is 1. The second-order valence-corrected chi connectivity index (χ2v) is 3.61. The van der Waals surface area contributed by atoms with Gasteiger partial charge in [-0.15, -0.1) is 0 Å². The SMILES string of the molecule is CC(=O)Nc1cc(C)c2c(c1C)OCO2. The first-order chi connectivity index (χ1) is 7.09. The first-order valence-corrected chi connectivity index (χ1v) is 4.77. The van der Waals surface area contributed by atoms with Crippen molar-refractivity contribution in [2.75, 3.05) is 12.1 Å². The van der Waals surface area contributed by atoms with E-state index >= 15 is 0 Å². The third kappa shape index (κ3) is 1.63. The molecule has 0 atom stereocenters. The van der Waals surface area contributed by atoms with Crippen molar-refractivity contribution in [1.29, 1.82) is 0 Å². The number of amides is 1. The first kappa shape index (κ1) is 9.83. The van der Waals surface area contributed by atoms with Gasteiger partial charge in [-0.05, 0) is 25.5 Å². The van der Waals surface area contributed by atoms with E-state index < -0.39 is 0 Å². The van der Waals surface area contributed by atoms with E-state index in [1.54, 1.807) is 0 Å². The minimum absolute atomic E-state index is 0.0867. The Hall–Kier alpha value is -1.71. The number of hydrogen-bond acceptors (Lipinski definition) is 3. The number of nitrogens with one attached hydrogen (secondary N) is 1. The molecule has 80 valence electrons. The maximum absolute atomic E-state index is 11.0. The van der Waals surface area contributed by atoms with Crippen LogP contribution < -0.4 is 14.8 Å². The molecule has 15 heavy (non-hydrogen) atoms. The Balaban J connectivity index is 2.50. The molecule has 0 saturated heterocycles. The minimum atomic E-state index is -0.0867. The molecule has 1 aliphatic rings. The van der Waals surface area contributed by atoms with Crippen LogP contribution in [0.1, 0.15) is 18.1 Å². The first-order valence-electron chi connectivity index (χ1n) is 4.77. The van der Waals surface area contributed by atoms with Crippen LogP contribution in [0.4, 0.5) is 5.69 Å². The van der Waals surface area contributed by atoms with Crippen molar-refractivity contribution in [3.05, 3.63) is 17.2 Å². The lowest BCUT2D eigenvalue weighted by atomic mass is 10.1. The highest BCUT2D eigenvalue weighted by Gasteiger charge is 2.21. The molecule has 1 heterocycles. The molecule has 0 spiro atoms. The second-order valence-electron chi connectivity index (χ2n) is 3.61. The molecular weight excluding hydrogens is 194 g/mol. The van der Waals surface area contributed by atoms with Crippen molar-refractivity contribution < 1.29 is 14.3 Å². The Morgan fingerprint density at radius 1 is 1.33 bits per heavy atom. The summed E-state index contributed by atoms with van der Waals surface area (Å²) in [7, 11) is 0. The number of anilines is 1. The number of benzene rings is 1. The van der Waals surface area contributed by atoms with Crippen LogP contribution >= 0.6 is 0 Å². The van der Waals surface area contributed by atoms with Gasteiger partial charge in [0.1, 0.15) is 0 Å². The Bertz CT molecular complexity index is 426. The zero-order chi connectivity index (χ0) is 11.0. The molecule has 1 N–H and O–H groups in total. The summed E-state index contributed by atoms with van der Waals surface area (Å²) >= 11 is 0. The molecule has 0 bridgehead atoms. The number of fused-ring (bicyclic) bond motifs is 1. The maximum Gasteiger partial charge on any atom is 0.231 e. The van der Waals surface area contributed by atoms with E-state index in [9.17, 15) is 4.79 Å². The summed E-state index contributed by atoms with van der Waals surface area (Å²) < 4.78 is 10.7. The van der Waals surface area contributed by atoms with Crippen molar-refractivity contribution in [1.82, 2.24) is 0 Å². The van der Waals surface area contributed by atoms with Crippen LogP contribution in [-0.2, 0) is 4.79 Å². The highest BCUT2D eigenvalue weighted by Crippen LogP contribution is 2.41. The van der Waals surface area contributed by atoms with Gasteiger partial charge in [0.15, 0.2) is 11.5 Å². The van der Waals surface area contributed by atoms with Gasteiger partial charge in [0, 0.05) is 18.2 Å². The molecule has 1 amide bonds. The summed E-state index contributed by atoms with van der Waals surface area (Å²) in [5.74, 6) is 1.43. The van der Waals surface area contributed by atoms with Crippen LogP contribution in [0.15, 0.2) is 6.07 Å². The van der Waals surface area contributed by atoms with Crippen LogP contribution in [-0.4, -0.2) is 12.7 Å². The van der Waals surface area contributed by atoms with Crippen molar-refractivity contribution in [2.45, 2.75) is 20.8 Å². The smallest absolute Gasteiger partial charge is 0.231 e. The number of carbonyl (C=O) groups excluding carboxylic acids is 1. The summed E-state index contributed by atoms with van der Waals surface area (Å²) in [6.45, 7) is 5.57. The lowest BCUT2D eigenvalue weighted by molar-refractivity contribution is -0.114. The average molecular weight is 207 g/mol. The molecule has 1 aromatic carbocycles. The fraction of sp³-hybridized carbons (Fsp3) is 0.364. The maximum atomic E-state index is 11.0. The number of ether oxygens (including phenoxy) is 2. The van der Waals surface area contributed by atoms with Crippen LogP contribution in [0.5, 0.6) is 11.5 Å². The summed E-state index contributed by atoms with van der Waals surface area (Å²) in [5.41, 5.74) is 2.66. The summed E-state index contributed by atoms with van der Waals surface area (Å²) in [6.07, 6.45) is 0. The number of hydrogen-bond donors (Lipinski definition) is 1. The molecule has 0 radical (unpaired) electrons. The topological polar surface area (TPSA) is 47.6 Å². The molecule has 1 aromatic rings. The van der Waals surface area contributed by atoms with E-state index in [0.29, 0.717) is 0 Å². The van der Waals surface area contributed by atoms with E-state index in [2.05, 4.69) is 5.32 Å². The number of carbonyl (C=O) groups is 1. The molecule has 0 aliphatic carbocycles. The molecule has 4 heteroatoms. The Kier molecular flexibility index (Phi) is 2.26. The van der Waals surface area contributed by atoms with E-state index in [-0.39, 0.29) is 12.7 Å². The van der Waals surface area contributed by atoms with Gasteiger partial charge in [0.25, 0.3) is 0 Å². The van der Waals surface area contributed by atoms with Gasteiger partial charge in [-0.1, -0.05) is 0 Å². The van der Waals surface area contributed by atoms with E-state index in [0.717, 1.165) is 28.3 Å². The lowest BCUT2D eigenvalue weighted by Crippen LogP contribution is -2.07. The van der Waals surface area contributed by atoms with Crippen molar-refractivity contribution in [3.8, 4) is 11.5 Å². The minimum Gasteiger partial charge on any atom is -0.453 e. The third-order valence-electron chi connectivity index (χ3n) is 2.39. The lowest BCUT2D eigenvalue weighted by Gasteiger charge is -2.10. The standard InChI is InChI=1S/C11H13NO3/c1-6-4-9(12-8(3)13)7(2)11-10(6)14-5-15-11/h4H,5H2,1-3H3,(H,12,13). The van der Waals surface area contributed by atoms with Crippen LogP contribution in [0, 0.1) is 13.8 Å². The fourth-order valence-electron chi connectivity index (χ4n) is 1.68. The van der Waals surface area contributed by atoms with Gasteiger partial charge in [0.05, 0.1) is 0 Å². The molecule has 1 aliphatic heterocycles. The number of rotatable bonds is 1. The van der Waals surface area contributed by atoms with Gasteiger partial charge in [0.2, 0.25) is 12.7 Å². The highest BCUT2D eigenvalue weighted by molar-refractivity contribution is 5.90. The van der Waals surface area contributed by atoms with Crippen LogP contribution in [0.3, 0.4) is 0 Å². The van der Waals surface area contributed by atoms with Gasteiger partial charge in [-0.25, -0.2) is 0 Å². The van der Waals surface area contributed by atoms with Gasteiger partial charge < -0.3 is 14.8 Å². The van der Waals surface area contributed by atoms with Gasteiger partial charge in [-0.2, -0.15) is 0 Å². The molecule has 4 nitrogen and oxygen atoms in total. The fourth-order valence-corrected chi connectivity index (χ4v) is 1.68. The Morgan fingerprint density at radius 3 is 2.67 bits per heavy atom. The quantitative estimate of drug-likeness (QED) is 0.766. The molecule has 0 fully saturated rings. The van der Waals surface area contributed by atoms with Crippen LogP contribution in [0.2, 0.25) is 0 Å².